The molecule has 3 aromatic rings. The van der Waals surface area contributed by atoms with E-state index in [-0.39, 0.29) is 24.4 Å². The molecule has 0 aromatic heterocycles. The second-order valence-electron chi connectivity index (χ2n) is 16.0. The Morgan fingerprint density at radius 2 is 1.83 bits per heavy atom. The van der Waals surface area contributed by atoms with Gasteiger partial charge in [0.1, 0.15) is 5.75 Å². The third kappa shape index (κ3) is 9.66. The maximum atomic E-state index is 14.4. The molecule has 3 N–H and O–H groups in total. The van der Waals surface area contributed by atoms with Crippen LogP contribution in [0.2, 0.25) is 0 Å². The minimum absolute atomic E-state index is 0.0484. The summed E-state index contributed by atoms with van der Waals surface area (Å²) in [6, 6.07) is 23.3. The van der Waals surface area contributed by atoms with Gasteiger partial charge in [-0.25, -0.2) is 0 Å². The molecule has 2 bridgehead atoms. The van der Waals surface area contributed by atoms with Crippen molar-refractivity contribution in [3.05, 3.63) is 112 Å². The molecule has 1 saturated carbocycles. The highest BCUT2D eigenvalue weighted by Gasteiger charge is 2.57. The molecule has 286 valence electrons. The summed E-state index contributed by atoms with van der Waals surface area (Å²) in [5.74, 6) is 0.521. The van der Waals surface area contributed by atoms with Crippen molar-refractivity contribution in [1.82, 2.24) is 4.90 Å². The fraction of sp³-hybridized carbons (Fsp3) is 0.533. The number of aliphatic hydroxyl groups is 3. The van der Waals surface area contributed by atoms with E-state index in [0.29, 0.717) is 62.4 Å². The molecule has 8 heteroatoms. The van der Waals surface area contributed by atoms with Crippen molar-refractivity contribution >= 4 is 5.78 Å². The lowest BCUT2D eigenvalue weighted by Gasteiger charge is -2.46. The first kappa shape index (κ1) is 39.3. The number of ether oxygens (including phenoxy) is 3. The highest BCUT2D eigenvalue weighted by molar-refractivity contribution is 6.10. The standard InChI is InChI=1S/C45H59NO7/c1-32-9-7-22-44(2)42(40-20-14-34(25-36(47)17-13-32)26-41(40)43(49)35-15-18-38(51-3)19-16-35)21-23-45(44,50)31-46(28-39-12-8-24-53-39)27-37(48)30-52-29-33-10-5-4-6-11-33/h4-6,9-11,14-16,18-20,26,36-37,39,42,47-48,50H,7-8,12-13,17,21-25,27-31H2,1-3H3/t36-,37+,39+,42-,44-,45+/m0/s1. The van der Waals surface area contributed by atoms with Crippen molar-refractivity contribution in [2.45, 2.75) is 108 Å². The Kier molecular flexibility index (Phi) is 13.2. The van der Waals surface area contributed by atoms with Crippen LogP contribution in [-0.4, -0.2) is 89.9 Å². The molecule has 4 aliphatic rings. The third-order valence-electron chi connectivity index (χ3n) is 12.1. The molecule has 0 amide bonds. The van der Waals surface area contributed by atoms with Crippen LogP contribution in [0.25, 0.3) is 0 Å². The molecule has 1 saturated heterocycles. The van der Waals surface area contributed by atoms with E-state index in [9.17, 15) is 20.1 Å². The molecule has 53 heavy (non-hydrogen) atoms. The Labute approximate surface area is 315 Å². The number of ketones is 1. The molecule has 0 radical (unpaired) electrons. The smallest absolute Gasteiger partial charge is 0.193 e. The minimum Gasteiger partial charge on any atom is -0.497 e. The van der Waals surface area contributed by atoms with Gasteiger partial charge in [0, 0.05) is 42.8 Å². The van der Waals surface area contributed by atoms with Crippen LogP contribution in [0.3, 0.4) is 0 Å². The van der Waals surface area contributed by atoms with Crippen LogP contribution in [0.1, 0.15) is 104 Å². The summed E-state index contributed by atoms with van der Waals surface area (Å²) in [6.07, 6.45) is 7.73. The number of carbonyl (C=O) groups excluding carboxylic acids is 1. The van der Waals surface area contributed by atoms with E-state index in [2.05, 4.69) is 37.0 Å². The van der Waals surface area contributed by atoms with Crippen molar-refractivity contribution < 1.29 is 34.3 Å². The first-order valence-corrected chi connectivity index (χ1v) is 19.6. The van der Waals surface area contributed by atoms with E-state index in [4.69, 9.17) is 14.2 Å². The molecular weight excluding hydrogens is 666 g/mol. The van der Waals surface area contributed by atoms with E-state index in [1.807, 2.05) is 48.5 Å². The number of aliphatic hydroxyl groups excluding tert-OH is 2. The van der Waals surface area contributed by atoms with Gasteiger partial charge >= 0.3 is 0 Å². The van der Waals surface area contributed by atoms with Gasteiger partial charge in [0.05, 0.1) is 44.2 Å². The van der Waals surface area contributed by atoms with Crippen molar-refractivity contribution in [2.75, 3.05) is 40.0 Å². The van der Waals surface area contributed by atoms with E-state index in [1.54, 1.807) is 19.2 Å². The number of allylic oxidation sites excluding steroid dienone is 2. The minimum atomic E-state index is -1.10. The van der Waals surface area contributed by atoms with Crippen LogP contribution in [0, 0.1) is 5.41 Å². The Morgan fingerprint density at radius 1 is 1.04 bits per heavy atom. The lowest BCUT2D eigenvalue weighted by molar-refractivity contribution is -0.0961. The second-order valence-corrected chi connectivity index (χ2v) is 16.0. The fourth-order valence-corrected chi connectivity index (χ4v) is 8.98. The maximum absolute atomic E-state index is 14.4. The van der Waals surface area contributed by atoms with E-state index < -0.39 is 23.2 Å². The summed E-state index contributed by atoms with van der Waals surface area (Å²) >= 11 is 0. The molecule has 3 aliphatic carbocycles. The van der Waals surface area contributed by atoms with Gasteiger partial charge in [-0.15, -0.1) is 0 Å². The van der Waals surface area contributed by atoms with Crippen LogP contribution < -0.4 is 4.74 Å². The largest absolute Gasteiger partial charge is 0.497 e. The lowest BCUT2D eigenvalue weighted by Crippen LogP contribution is -2.55. The normalized spacial score (nSPS) is 26.9. The highest BCUT2D eigenvalue weighted by Crippen LogP contribution is 2.59. The number of rotatable bonds is 13. The lowest BCUT2D eigenvalue weighted by atomic mass is 9.64. The van der Waals surface area contributed by atoms with Gasteiger partial charge in [0.2, 0.25) is 0 Å². The van der Waals surface area contributed by atoms with E-state index in [1.165, 1.54) is 5.57 Å². The summed E-state index contributed by atoms with van der Waals surface area (Å²) in [5.41, 5.74) is 3.69. The number of carbonyl (C=O) groups is 1. The number of methoxy groups -OCH3 is 1. The molecule has 0 unspecified atom stereocenters. The third-order valence-corrected chi connectivity index (χ3v) is 12.1. The topological polar surface area (TPSA) is 109 Å². The molecule has 8 nitrogen and oxygen atoms in total. The summed E-state index contributed by atoms with van der Waals surface area (Å²) in [7, 11) is 1.61. The molecular formula is C45H59NO7. The number of benzene rings is 3. The number of fused-ring (bicyclic) bond motifs is 8. The summed E-state index contributed by atoms with van der Waals surface area (Å²) in [4.78, 5) is 16.6. The number of nitrogens with zero attached hydrogens (tertiary/aromatic N) is 1. The first-order valence-electron chi connectivity index (χ1n) is 19.6. The maximum Gasteiger partial charge on any atom is 0.193 e. The Bertz CT molecular complexity index is 1670. The van der Waals surface area contributed by atoms with Gasteiger partial charge in [-0.2, -0.15) is 0 Å². The predicted octanol–water partition coefficient (Wildman–Crippen LogP) is 7.02. The fourth-order valence-electron chi connectivity index (χ4n) is 8.98. The zero-order chi connectivity index (χ0) is 37.4. The summed E-state index contributed by atoms with van der Waals surface area (Å²) in [5, 5.41) is 35.3. The average molecular weight is 726 g/mol. The van der Waals surface area contributed by atoms with Gasteiger partial charge in [0.25, 0.3) is 0 Å². The van der Waals surface area contributed by atoms with Gasteiger partial charge in [-0.05, 0) is 118 Å². The number of hydrogen-bond donors (Lipinski definition) is 3. The number of hydrogen-bond acceptors (Lipinski definition) is 8. The SMILES string of the molecule is COc1ccc(C(=O)c2cc3ccc2[C@@H]2CC[C@@](O)(CN(C[C@@H](O)COCc4ccccc4)C[C@H]4CCCO4)[C@@]2(C)CCC=C(C)CC[C@H](O)C3)cc1. The quantitative estimate of drug-likeness (QED) is 0.128. The van der Waals surface area contributed by atoms with Gasteiger partial charge in [-0.1, -0.05) is 61.0 Å². The van der Waals surface area contributed by atoms with Crippen molar-refractivity contribution in [3.8, 4) is 5.75 Å². The van der Waals surface area contributed by atoms with Crippen LogP contribution in [-0.2, 0) is 22.5 Å². The molecule has 1 heterocycles. The highest BCUT2D eigenvalue weighted by atomic mass is 16.5. The Morgan fingerprint density at radius 3 is 2.57 bits per heavy atom. The van der Waals surface area contributed by atoms with Gasteiger partial charge in [-0.3, -0.25) is 9.69 Å². The Balaban J connectivity index is 1.31. The monoisotopic (exact) mass is 725 g/mol. The molecule has 2 fully saturated rings. The van der Waals surface area contributed by atoms with Gasteiger partial charge < -0.3 is 29.5 Å². The molecule has 0 spiro atoms. The van der Waals surface area contributed by atoms with E-state index >= 15 is 0 Å². The van der Waals surface area contributed by atoms with Crippen LogP contribution in [0.15, 0.2) is 84.4 Å². The van der Waals surface area contributed by atoms with Crippen LogP contribution >= 0.6 is 0 Å². The average Bonchev–Trinajstić information content (AvgIpc) is 3.75. The zero-order valence-electron chi connectivity index (χ0n) is 31.8. The summed E-state index contributed by atoms with van der Waals surface area (Å²) in [6.45, 7) is 7.04. The van der Waals surface area contributed by atoms with Crippen LogP contribution in [0.4, 0.5) is 0 Å². The Hall–Kier alpha value is -3.37. The zero-order valence-corrected chi connectivity index (χ0v) is 31.8. The van der Waals surface area contributed by atoms with E-state index in [0.717, 1.165) is 61.8 Å². The second kappa shape index (κ2) is 17.8. The molecule has 3 aromatic carbocycles. The molecule has 6 atom stereocenters. The van der Waals surface area contributed by atoms with Crippen molar-refractivity contribution in [2.24, 2.45) is 5.41 Å². The van der Waals surface area contributed by atoms with Gasteiger partial charge in [0.15, 0.2) is 5.78 Å². The first-order chi connectivity index (χ1) is 25.6. The summed E-state index contributed by atoms with van der Waals surface area (Å²) < 4.78 is 17.4. The van der Waals surface area contributed by atoms with Crippen molar-refractivity contribution in [3.63, 3.8) is 0 Å². The molecule has 1 aliphatic heterocycles. The van der Waals surface area contributed by atoms with Crippen LogP contribution in [0.5, 0.6) is 5.75 Å². The predicted molar refractivity (Wildman–Crippen MR) is 207 cm³/mol. The molecule has 7 rings (SSSR count). The van der Waals surface area contributed by atoms with Crippen molar-refractivity contribution in [1.29, 1.82) is 0 Å².